The zero-order valence-corrected chi connectivity index (χ0v) is 28.1. The van der Waals surface area contributed by atoms with Crippen molar-refractivity contribution in [2.75, 3.05) is 0 Å². The lowest BCUT2D eigenvalue weighted by atomic mass is 10.9. The van der Waals surface area contributed by atoms with Gasteiger partial charge in [0.05, 0.1) is 0 Å². The second-order valence-corrected chi connectivity index (χ2v) is 29.4. The fraction of sp³-hybridized carbons (Fsp3) is 1.00. The van der Waals surface area contributed by atoms with E-state index in [4.69, 9.17) is 16.5 Å². The zero-order chi connectivity index (χ0) is 24.2. The Morgan fingerprint density at radius 1 is 0.419 bits per heavy atom. The van der Waals surface area contributed by atoms with Crippen molar-refractivity contribution in [2.45, 2.75) is 143 Å². The lowest BCUT2D eigenvalue weighted by Gasteiger charge is -2.47. The highest BCUT2D eigenvalue weighted by Gasteiger charge is 2.52. The van der Waals surface area contributed by atoms with Crippen molar-refractivity contribution in [3.63, 3.8) is 0 Å². The highest BCUT2D eigenvalue weighted by molar-refractivity contribution is 6.91. The van der Waals surface area contributed by atoms with Gasteiger partial charge >= 0.3 is 25.7 Å². The number of rotatable bonds is 19. The molecule has 0 atom stereocenters. The van der Waals surface area contributed by atoms with Crippen LogP contribution in [0.25, 0.3) is 0 Å². The van der Waals surface area contributed by atoms with Crippen LogP contribution >= 0.6 is 0 Å². The maximum absolute atomic E-state index is 7.33. The highest BCUT2D eigenvalue weighted by atomic mass is 28.5. The fourth-order valence-corrected chi connectivity index (χ4v) is 31.0. The number of hydrogen-bond acceptors (Lipinski definition) is 4. The molecule has 0 aliphatic rings. The van der Waals surface area contributed by atoms with E-state index >= 15 is 0 Å². The quantitative estimate of drug-likeness (QED) is 0.159. The molecule has 0 radical (unpaired) electrons. The molecule has 0 heterocycles. The Hall–Kier alpha value is 0.924. The van der Waals surface area contributed by atoms with Gasteiger partial charge in [0.1, 0.15) is 0 Å². The van der Waals surface area contributed by atoms with Crippen LogP contribution in [-0.2, 0) is 16.5 Å². The third-order valence-electron chi connectivity index (χ3n) is 7.60. The van der Waals surface area contributed by atoms with E-state index in [1.807, 2.05) is 0 Å². The summed E-state index contributed by atoms with van der Waals surface area (Å²) in [7, 11) is -9.93. The van der Waals surface area contributed by atoms with Crippen LogP contribution in [0.2, 0.25) is 66.5 Å². The molecule has 0 saturated carbocycles. The summed E-state index contributed by atoms with van der Waals surface area (Å²) in [4.78, 5) is 0. The van der Waals surface area contributed by atoms with Gasteiger partial charge in [-0.25, -0.2) is 0 Å². The SMILES string of the molecule is CC[SiH](CC)O[Si](CC)(CC)O[Si](CC)(CC)O[Si](CC)(CC)O[Si](CC)(CC)CC. The molecule has 0 saturated heterocycles. The Labute approximate surface area is 201 Å². The van der Waals surface area contributed by atoms with Crippen LogP contribution in [0.3, 0.4) is 0 Å². The standard InChI is InChI=1S/C22H56O4Si5/c1-12-27(13-2)23-29(17-6,18-7)25-31(21-10,22-11)26-30(19-8,20-9)24-28(14-3,15-4)16-5/h27H,12-22H2,1-11H3. The van der Waals surface area contributed by atoms with Crippen LogP contribution in [0.1, 0.15) is 76.2 Å². The van der Waals surface area contributed by atoms with Gasteiger partial charge in [0.25, 0.3) is 0 Å². The van der Waals surface area contributed by atoms with E-state index in [0.29, 0.717) is 0 Å². The minimum Gasteiger partial charge on any atom is -0.439 e. The molecule has 0 aromatic heterocycles. The lowest BCUT2D eigenvalue weighted by molar-refractivity contribution is 0.274. The van der Waals surface area contributed by atoms with Crippen LogP contribution in [0.5, 0.6) is 0 Å². The molecular formula is C22H56O4Si5. The molecule has 0 aromatic carbocycles. The molecule has 0 fully saturated rings. The second-order valence-electron chi connectivity index (χ2n) is 8.96. The van der Waals surface area contributed by atoms with Crippen molar-refractivity contribution >= 4 is 43.0 Å². The first-order valence-corrected chi connectivity index (χ1v) is 24.8. The first-order valence-electron chi connectivity index (χ1n) is 13.4. The molecule has 0 spiro atoms. The largest absolute Gasteiger partial charge is 0.439 e. The molecule has 0 aromatic rings. The summed E-state index contributed by atoms with van der Waals surface area (Å²) in [5.41, 5.74) is 0. The fourth-order valence-electron chi connectivity index (χ4n) is 4.50. The van der Waals surface area contributed by atoms with Crippen molar-refractivity contribution in [1.29, 1.82) is 0 Å². The smallest absolute Gasteiger partial charge is 0.320 e. The van der Waals surface area contributed by atoms with E-state index in [0.717, 1.165) is 36.3 Å². The van der Waals surface area contributed by atoms with Crippen molar-refractivity contribution in [2.24, 2.45) is 0 Å². The van der Waals surface area contributed by atoms with Crippen molar-refractivity contribution < 1.29 is 16.5 Å². The predicted octanol–water partition coefficient (Wildman–Crippen LogP) is 8.27. The van der Waals surface area contributed by atoms with Crippen LogP contribution in [0.4, 0.5) is 0 Å². The molecule has 188 valence electrons. The minimum absolute atomic E-state index is 0.989. The molecule has 0 aliphatic carbocycles. The Balaban J connectivity index is 6.11. The summed E-state index contributed by atoms with van der Waals surface area (Å²) in [6.45, 7) is 25.2. The van der Waals surface area contributed by atoms with Gasteiger partial charge in [-0.05, 0) is 66.5 Å². The van der Waals surface area contributed by atoms with E-state index in [-0.39, 0.29) is 0 Å². The van der Waals surface area contributed by atoms with E-state index in [2.05, 4.69) is 76.2 Å². The van der Waals surface area contributed by atoms with Crippen molar-refractivity contribution in [3.8, 4) is 0 Å². The zero-order valence-electron chi connectivity index (χ0n) is 23.0. The molecule has 31 heavy (non-hydrogen) atoms. The van der Waals surface area contributed by atoms with Gasteiger partial charge in [-0.1, -0.05) is 76.2 Å². The van der Waals surface area contributed by atoms with Gasteiger partial charge in [-0.3, -0.25) is 0 Å². The predicted molar refractivity (Wildman–Crippen MR) is 150 cm³/mol. The van der Waals surface area contributed by atoms with Crippen LogP contribution in [0, 0.1) is 0 Å². The van der Waals surface area contributed by atoms with E-state index in [1.54, 1.807) is 0 Å². The van der Waals surface area contributed by atoms with Gasteiger partial charge in [0, 0.05) is 0 Å². The van der Waals surface area contributed by atoms with Gasteiger partial charge in [-0.15, -0.1) is 0 Å². The first kappa shape index (κ1) is 31.9. The molecule has 4 nitrogen and oxygen atoms in total. The Kier molecular flexibility index (Phi) is 15.5. The van der Waals surface area contributed by atoms with Crippen molar-refractivity contribution in [1.82, 2.24) is 0 Å². The van der Waals surface area contributed by atoms with E-state index in [9.17, 15) is 0 Å². The first-order chi connectivity index (χ1) is 14.7. The third-order valence-corrected chi connectivity index (χ3v) is 32.0. The van der Waals surface area contributed by atoms with Crippen LogP contribution in [0.15, 0.2) is 0 Å². The molecule has 9 heteroatoms. The van der Waals surface area contributed by atoms with Gasteiger partial charge < -0.3 is 16.5 Å². The van der Waals surface area contributed by atoms with Gasteiger partial charge in [0.2, 0.25) is 0 Å². The molecule has 0 rings (SSSR count). The Bertz CT molecular complexity index is 453. The van der Waals surface area contributed by atoms with Gasteiger partial charge in [0.15, 0.2) is 17.4 Å². The number of hydrogen-bond donors (Lipinski definition) is 0. The molecule has 0 aliphatic heterocycles. The summed E-state index contributed by atoms with van der Waals surface area (Å²) in [5, 5.41) is 0. The van der Waals surface area contributed by atoms with E-state index in [1.165, 1.54) is 30.2 Å². The van der Waals surface area contributed by atoms with Gasteiger partial charge in [-0.2, -0.15) is 0 Å². The lowest BCUT2D eigenvalue weighted by Crippen LogP contribution is -2.63. The molecular weight excluding hydrogens is 469 g/mol. The van der Waals surface area contributed by atoms with Crippen LogP contribution < -0.4 is 0 Å². The Morgan fingerprint density at radius 2 is 0.742 bits per heavy atom. The summed E-state index contributed by atoms with van der Waals surface area (Å²) in [5.74, 6) is 0. The molecule has 0 N–H and O–H groups in total. The van der Waals surface area contributed by atoms with Crippen molar-refractivity contribution in [3.05, 3.63) is 0 Å². The van der Waals surface area contributed by atoms with E-state index < -0.39 is 43.0 Å². The summed E-state index contributed by atoms with van der Waals surface area (Å²) < 4.78 is 28.8. The molecule has 0 unspecified atom stereocenters. The highest BCUT2D eigenvalue weighted by Crippen LogP contribution is 2.37. The minimum atomic E-state index is -2.41. The monoisotopic (exact) mass is 524 g/mol. The summed E-state index contributed by atoms with van der Waals surface area (Å²) >= 11 is 0. The average molecular weight is 525 g/mol. The topological polar surface area (TPSA) is 36.9 Å². The summed E-state index contributed by atoms with van der Waals surface area (Å²) in [6, 6.07) is 12.0. The van der Waals surface area contributed by atoms with Crippen LogP contribution in [-0.4, -0.2) is 43.0 Å². The summed E-state index contributed by atoms with van der Waals surface area (Å²) in [6.07, 6.45) is 0. The Morgan fingerprint density at radius 3 is 1.03 bits per heavy atom. The maximum Gasteiger partial charge on any atom is 0.320 e. The second kappa shape index (κ2) is 15.0. The third kappa shape index (κ3) is 8.58. The molecule has 0 amide bonds. The maximum atomic E-state index is 7.33. The average Bonchev–Trinajstić information content (AvgIpc) is 2.84. The molecule has 0 bridgehead atoms. The normalized spacial score (nSPS) is 13.9.